The van der Waals surface area contributed by atoms with Crippen LogP contribution in [0.2, 0.25) is 0 Å². The van der Waals surface area contributed by atoms with Crippen LogP contribution in [0.4, 0.5) is 11.4 Å². The first-order chi connectivity index (χ1) is 27.7. The van der Waals surface area contributed by atoms with Gasteiger partial charge in [-0.1, -0.05) is 130 Å². The van der Waals surface area contributed by atoms with Gasteiger partial charge in [0.2, 0.25) is 5.69 Å². The second-order valence-corrected chi connectivity index (χ2v) is 17.0. The van der Waals surface area contributed by atoms with E-state index in [9.17, 15) is 0 Å². The van der Waals surface area contributed by atoms with Crippen LogP contribution >= 0.6 is 0 Å². The molecule has 0 spiro atoms. The van der Waals surface area contributed by atoms with Crippen molar-refractivity contribution in [3.63, 3.8) is 0 Å². The van der Waals surface area contributed by atoms with E-state index in [1.54, 1.807) is 0 Å². The molecular formula is C52H54N5+. The number of anilines is 1. The summed E-state index contributed by atoms with van der Waals surface area (Å²) >= 11 is 0. The van der Waals surface area contributed by atoms with Crippen LogP contribution in [0.5, 0.6) is 0 Å². The molecule has 9 rings (SSSR count). The maximum Gasteiger partial charge on any atom is 0.209 e. The number of nitrogens with zero attached hydrogens (tertiary/aromatic N) is 5. The Morgan fingerprint density at radius 3 is 2.25 bits per heavy atom. The molecule has 0 saturated carbocycles. The normalized spacial score (nSPS) is 18.9. The van der Waals surface area contributed by atoms with Crippen molar-refractivity contribution in [1.82, 2.24) is 15.0 Å². The van der Waals surface area contributed by atoms with Gasteiger partial charge in [0.25, 0.3) is 0 Å². The van der Waals surface area contributed by atoms with Crippen molar-refractivity contribution in [2.24, 2.45) is 0 Å². The zero-order valence-electron chi connectivity index (χ0n) is 34.4. The molecule has 0 bridgehead atoms. The van der Waals surface area contributed by atoms with Crippen LogP contribution in [0.1, 0.15) is 84.8 Å². The van der Waals surface area contributed by atoms with E-state index >= 15 is 0 Å². The summed E-state index contributed by atoms with van der Waals surface area (Å²) in [7, 11) is 0. The highest BCUT2D eigenvalue weighted by Gasteiger charge is 2.44. The molecule has 286 valence electrons. The van der Waals surface area contributed by atoms with Crippen molar-refractivity contribution in [3.05, 3.63) is 162 Å². The van der Waals surface area contributed by atoms with Crippen molar-refractivity contribution < 1.29 is 4.58 Å². The summed E-state index contributed by atoms with van der Waals surface area (Å²) in [6.45, 7) is 16.0. The number of hydrogen-bond donors (Lipinski definition) is 0. The number of para-hydroxylation sites is 2. The molecule has 0 atom stereocenters. The van der Waals surface area contributed by atoms with Gasteiger partial charge in [0, 0.05) is 53.0 Å². The molecule has 1 aliphatic carbocycles. The number of benzene rings is 5. The van der Waals surface area contributed by atoms with Crippen LogP contribution < -0.4 is 4.90 Å². The lowest BCUT2D eigenvalue weighted by Gasteiger charge is -2.27. The summed E-state index contributed by atoms with van der Waals surface area (Å²) in [5.74, 6) is 0. The average molecular weight is 749 g/mol. The average Bonchev–Trinajstić information content (AvgIpc) is 3.86. The quantitative estimate of drug-likeness (QED) is 0.109. The van der Waals surface area contributed by atoms with Crippen molar-refractivity contribution in [3.8, 4) is 11.3 Å². The Bertz CT molecular complexity index is 2690. The van der Waals surface area contributed by atoms with Crippen LogP contribution in [0.3, 0.4) is 0 Å². The minimum absolute atomic E-state index is 0.107. The second kappa shape index (κ2) is 14.6. The molecule has 2 aliphatic heterocycles. The molecule has 1 aromatic heterocycles. The van der Waals surface area contributed by atoms with E-state index in [0.717, 1.165) is 62.1 Å². The van der Waals surface area contributed by atoms with Crippen molar-refractivity contribution in [2.75, 3.05) is 18.0 Å². The molecule has 0 fully saturated rings. The molecule has 0 saturated heterocycles. The lowest BCUT2D eigenvalue weighted by molar-refractivity contribution is -0.437. The van der Waals surface area contributed by atoms with Crippen molar-refractivity contribution in [2.45, 2.75) is 84.5 Å². The highest BCUT2D eigenvalue weighted by atomic mass is 15.4. The minimum atomic E-state index is -0.107. The van der Waals surface area contributed by atoms with Gasteiger partial charge in [-0.05, 0) is 96.0 Å². The fourth-order valence-corrected chi connectivity index (χ4v) is 9.86. The molecule has 5 nitrogen and oxygen atoms in total. The number of aromatic nitrogens is 3. The molecule has 0 N–H and O–H groups in total. The molecule has 0 radical (unpaired) electrons. The van der Waals surface area contributed by atoms with Gasteiger partial charge >= 0.3 is 0 Å². The SMILES string of the molecule is CCCN1/C(=C/C=C2\CCCC(/C=C/C3=[N+](CCC)c4ccccc4C3(C)C)=C2n2cc(-c3cc4ccccc4c4ccccc34)nn2)C(C)(C)c2ccccc21. The van der Waals surface area contributed by atoms with Gasteiger partial charge in [0.1, 0.15) is 12.2 Å². The van der Waals surface area contributed by atoms with Crippen LogP contribution in [0.25, 0.3) is 38.5 Å². The Kier molecular flexibility index (Phi) is 9.43. The third-order valence-corrected chi connectivity index (χ3v) is 12.6. The summed E-state index contributed by atoms with van der Waals surface area (Å²) in [5, 5.41) is 14.8. The standard InChI is InChI=1S/C52H54N5/c1-7-32-55-46-26-15-13-24-43(46)51(3,4)48(55)30-28-36-19-17-20-37(29-31-49-52(5,6)44-25-14-16-27-47(44)56(49)33-8-2)50(36)57-35-45(53-54-57)42-34-38-18-9-10-21-39(38)40-22-11-12-23-41(40)42/h9-16,18,21-31,34-35H,7-8,17,19-20,32-33H2,1-6H3/q+1. The third kappa shape index (κ3) is 6.19. The molecular weight excluding hydrogens is 695 g/mol. The molecule has 0 amide bonds. The monoisotopic (exact) mass is 748 g/mol. The topological polar surface area (TPSA) is 37.0 Å². The third-order valence-electron chi connectivity index (χ3n) is 12.6. The fourth-order valence-electron chi connectivity index (χ4n) is 9.86. The molecule has 5 aromatic carbocycles. The Morgan fingerprint density at radius 1 is 0.719 bits per heavy atom. The van der Waals surface area contributed by atoms with E-state index < -0.39 is 0 Å². The van der Waals surface area contributed by atoms with Crippen LogP contribution in [-0.2, 0) is 10.8 Å². The van der Waals surface area contributed by atoms with Crippen molar-refractivity contribution in [1.29, 1.82) is 0 Å². The van der Waals surface area contributed by atoms with E-state index in [0.29, 0.717) is 0 Å². The molecule has 0 unspecified atom stereocenters. The van der Waals surface area contributed by atoms with Gasteiger partial charge in [-0.3, -0.25) is 0 Å². The Hall–Kier alpha value is -5.81. The first-order valence-electron chi connectivity index (χ1n) is 21.0. The molecule has 3 aliphatic rings. The smallest absolute Gasteiger partial charge is 0.209 e. The Morgan fingerprint density at radius 2 is 1.44 bits per heavy atom. The van der Waals surface area contributed by atoms with E-state index in [-0.39, 0.29) is 10.8 Å². The summed E-state index contributed by atoms with van der Waals surface area (Å²) in [6, 6.07) is 37.5. The summed E-state index contributed by atoms with van der Waals surface area (Å²) < 4.78 is 4.61. The lowest BCUT2D eigenvalue weighted by Crippen LogP contribution is -2.28. The lowest BCUT2D eigenvalue weighted by atomic mass is 9.81. The number of allylic oxidation sites excluding steroid dienone is 8. The van der Waals surface area contributed by atoms with Crippen LogP contribution in [-0.4, -0.2) is 38.4 Å². The summed E-state index contributed by atoms with van der Waals surface area (Å²) in [6.07, 6.45) is 16.9. The first-order valence-corrected chi connectivity index (χ1v) is 21.0. The molecule has 5 heteroatoms. The first kappa shape index (κ1) is 36.8. The van der Waals surface area contributed by atoms with E-state index in [1.807, 2.05) is 0 Å². The number of hydrogen-bond acceptors (Lipinski definition) is 3. The van der Waals surface area contributed by atoms with Crippen molar-refractivity contribution >= 4 is 44.3 Å². The van der Waals surface area contributed by atoms with Gasteiger partial charge in [0.05, 0.1) is 17.3 Å². The molecule has 3 heterocycles. The Labute approximate surface area is 338 Å². The minimum Gasteiger partial charge on any atom is -0.344 e. The highest BCUT2D eigenvalue weighted by Crippen LogP contribution is 2.48. The van der Waals surface area contributed by atoms with E-state index in [4.69, 9.17) is 10.3 Å². The van der Waals surface area contributed by atoms with Gasteiger partial charge < -0.3 is 4.90 Å². The highest BCUT2D eigenvalue weighted by molar-refractivity contribution is 6.13. The van der Waals surface area contributed by atoms with Crippen LogP contribution in [0.15, 0.2) is 150 Å². The Balaban J connectivity index is 1.21. The summed E-state index contributed by atoms with van der Waals surface area (Å²) in [4.78, 5) is 2.54. The van der Waals surface area contributed by atoms with E-state index in [1.165, 1.54) is 66.6 Å². The van der Waals surface area contributed by atoms with Crippen LogP contribution in [0, 0.1) is 0 Å². The molecule has 57 heavy (non-hydrogen) atoms. The number of rotatable bonds is 9. The zero-order chi connectivity index (χ0) is 39.3. The van der Waals surface area contributed by atoms with Gasteiger partial charge in [-0.25, -0.2) is 4.68 Å². The maximum atomic E-state index is 4.96. The van der Waals surface area contributed by atoms with Gasteiger partial charge in [0.15, 0.2) is 5.71 Å². The van der Waals surface area contributed by atoms with Gasteiger partial charge in [-0.15, -0.1) is 5.10 Å². The number of fused-ring (bicyclic) bond motifs is 5. The predicted molar refractivity (Wildman–Crippen MR) is 240 cm³/mol. The summed E-state index contributed by atoms with van der Waals surface area (Å²) in [5.41, 5.74) is 13.6. The largest absolute Gasteiger partial charge is 0.344 e. The van der Waals surface area contributed by atoms with Gasteiger partial charge in [-0.2, -0.15) is 4.58 Å². The predicted octanol–water partition coefficient (Wildman–Crippen LogP) is 12.7. The van der Waals surface area contributed by atoms with E-state index in [2.05, 4.69) is 189 Å². The fraction of sp³-hybridized carbons (Fsp3) is 0.288. The molecule has 6 aromatic rings. The maximum absolute atomic E-state index is 4.96. The second-order valence-electron chi connectivity index (χ2n) is 17.0. The zero-order valence-corrected chi connectivity index (χ0v) is 34.4.